The molecule has 1 aliphatic rings. The van der Waals surface area contributed by atoms with Crippen molar-refractivity contribution in [2.75, 3.05) is 6.26 Å². The first kappa shape index (κ1) is 16.1. The van der Waals surface area contributed by atoms with Crippen molar-refractivity contribution in [3.05, 3.63) is 70.4 Å². The minimum absolute atomic E-state index is 0.110. The van der Waals surface area contributed by atoms with E-state index in [0.717, 1.165) is 15.8 Å². The first-order chi connectivity index (χ1) is 12.1. The number of amides is 2. The largest absolute Gasteiger partial charge is 0.270 e. The van der Waals surface area contributed by atoms with Crippen molar-refractivity contribution in [1.82, 2.24) is 9.88 Å². The number of aromatic nitrogens is 1. The number of halogens is 1. The first-order valence-electron chi connectivity index (χ1n) is 7.67. The van der Waals surface area contributed by atoms with Gasteiger partial charge >= 0.3 is 0 Å². The van der Waals surface area contributed by atoms with Crippen molar-refractivity contribution in [3.63, 3.8) is 0 Å². The molecule has 124 valence electrons. The lowest BCUT2D eigenvalue weighted by atomic mass is 10.1. The highest BCUT2D eigenvalue weighted by Gasteiger charge is 2.35. The van der Waals surface area contributed by atoms with Gasteiger partial charge in [-0.1, -0.05) is 29.8 Å². The average Bonchev–Trinajstić information content (AvgIpc) is 2.87. The molecule has 0 atom stereocenters. The smallest absolute Gasteiger partial charge is 0.261 e. The number of imide groups is 1. The standard InChI is InChI=1S/C19H13ClN2O2S/c1-25-13-7-6-11-8-12(17(20)21-16(11)9-13)10-22-18(23)14-4-2-3-5-15(14)19(22)24/h2-9H,10H2,1H3. The molecule has 2 amide bonds. The Morgan fingerprint density at radius 3 is 2.36 bits per heavy atom. The maximum Gasteiger partial charge on any atom is 0.261 e. The van der Waals surface area contributed by atoms with Crippen LogP contribution in [0.1, 0.15) is 26.3 Å². The Hall–Kier alpha value is -2.37. The number of thioether (sulfide) groups is 1. The van der Waals surface area contributed by atoms with E-state index in [-0.39, 0.29) is 18.4 Å². The second kappa shape index (κ2) is 6.17. The predicted molar refractivity (Wildman–Crippen MR) is 99.2 cm³/mol. The van der Waals surface area contributed by atoms with Crippen molar-refractivity contribution in [3.8, 4) is 0 Å². The summed E-state index contributed by atoms with van der Waals surface area (Å²) >= 11 is 7.95. The van der Waals surface area contributed by atoms with Gasteiger partial charge in [0.15, 0.2) is 0 Å². The summed E-state index contributed by atoms with van der Waals surface area (Å²) in [5.74, 6) is -0.594. The summed E-state index contributed by atoms with van der Waals surface area (Å²) in [5, 5.41) is 1.23. The molecule has 0 unspecified atom stereocenters. The van der Waals surface area contributed by atoms with Gasteiger partial charge in [-0.25, -0.2) is 4.98 Å². The van der Waals surface area contributed by atoms with Gasteiger partial charge in [-0.05, 0) is 36.6 Å². The van der Waals surface area contributed by atoms with Gasteiger partial charge in [0, 0.05) is 15.8 Å². The third-order valence-corrected chi connectivity index (χ3v) is 5.31. The Morgan fingerprint density at radius 1 is 1.04 bits per heavy atom. The number of carbonyl (C=O) groups excluding carboxylic acids is 2. The molecule has 0 saturated heterocycles. The van der Waals surface area contributed by atoms with Crippen molar-refractivity contribution < 1.29 is 9.59 Å². The van der Waals surface area contributed by atoms with E-state index in [4.69, 9.17) is 11.6 Å². The summed E-state index contributed by atoms with van der Waals surface area (Å²) in [6.07, 6.45) is 2.00. The molecule has 0 spiro atoms. The zero-order chi connectivity index (χ0) is 17.6. The third-order valence-electron chi connectivity index (χ3n) is 4.26. The van der Waals surface area contributed by atoms with Crippen molar-refractivity contribution in [2.45, 2.75) is 11.4 Å². The summed E-state index contributed by atoms with van der Waals surface area (Å²) in [5.41, 5.74) is 2.31. The Bertz CT molecular complexity index is 1000. The molecule has 2 aromatic carbocycles. The molecule has 0 fully saturated rings. The molecule has 6 heteroatoms. The zero-order valence-electron chi connectivity index (χ0n) is 13.3. The van der Waals surface area contributed by atoms with E-state index in [2.05, 4.69) is 4.98 Å². The Labute approximate surface area is 153 Å². The van der Waals surface area contributed by atoms with Crippen LogP contribution in [0.25, 0.3) is 10.9 Å². The number of hydrogen-bond acceptors (Lipinski definition) is 4. The van der Waals surface area contributed by atoms with Crippen LogP contribution in [0, 0.1) is 0 Å². The summed E-state index contributed by atoms with van der Waals surface area (Å²) < 4.78 is 0. The topological polar surface area (TPSA) is 50.3 Å². The molecule has 4 rings (SSSR count). The van der Waals surface area contributed by atoms with Crippen LogP contribution < -0.4 is 0 Å². The molecule has 0 N–H and O–H groups in total. The van der Waals surface area contributed by atoms with Crippen LogP contribution in [0.4, 0.5) is 0 Å². The van der Waals surface area contributed by atoms with Gasteiger partial charge < -0.3 is 0 Å². The fourth-order valence-corrected chi connectivity index (χ4v) is 3.60. The van der Waals surface area contributed by atoms with Crippen LogP contribution in [0.15, 0.2) is 53.4 Å². The second-order valence-corrected chi connectivity index (χ2v) is 6.98. The summed E-state index contributed by atoms with van der Waals surface area (Å²) in [7, 11) is 0. The number of fused-ring (bicyclic) bond motifs is 2. The van der Waals surface area contributed by atoms with E-state index >= 15 is 0 Å². The molecule has 0 aliphatic carbocycles. The minimum atomic E-state index is -0.297. The Balaban J connectivity index is 1.71. The number of pyridine rings is 1. The highest BCUT2D eigenvalue weighted by atomic mass is 35.5. The monoisotopic (exact) mass is 368 g/mol. The second-order valence-electron chi connectivity index (χ2n) is 5.74. The SMILES string of the molecule is CSc1ccc2cc(CN3C(=O)c4ccccc4C3=O)c(Cl)nc2c1. The first-order valence-corrected chi connectivity index (χ1v) is 9.27. The van der Waals surface area contributed by atoms with Crippen molar-refractivity contribution in [1.29, 1.82) is 0 Å². The number of carbonyl (C=O) groups is 2. The van der Waals surface area contributed by atoms with Gasteiger partial charge in [0.05, 0.1) is 23.2 Å². The molecule has 1 aromatic heterocycles. The van der Waals surface area contributed by atoms with Gasteiger partial charge in [0.2, 0.25) is 0 Å². The molecule has 0 saturated carbocycles. The number of nitrogens with zero attached hydrogens (tertiary/aromatic N) is 2. The lowest BCUT2D eigenvalue weighted by Gasteiger charge is -2.15. The molecule has 4 nitrogen and oxygen atoms in total. The highest BCUT2D eigenvalue weighted by molar-refractivity contribution is 7.98. The molecule has 0 radical (unpaired) electrons. The van der Waals surface area contributed by atoms with Crippen molar-refractivity contribution >= 4 is 46.1 Å². The van der Waals surface area contributed by atoms with E-state index < -0.39 is 0 Å². The fourth-order valence-electron chi connectivity index (χ4n) is 2.96. The Kier molecular flexibility index (Phi) is 3.98. The maximum absolute atomic E-state index is 12.5. The number of hydrogen-bond donors (Lipinski definition) is 0. The fraction of sp³-hybridized carbons (Fsp3) is 0.105. The Morgan fingerprint density at radius 2 is 1.72 bits per heavy atom. The van der Waals surface area contributed by atoms with Crippen LogP contribution in [-0.4, -0.2) is 28.0 Å². The minimum Gasteiger partial charge on any atom is -0.270 e. The lowest BCUT2D eigenvalue weighted by molar-refractivity contribution is 0.0642. The van der Waals surface area contributed by atoms with Gasteiger partial charge in [-0.15, -0.1) is 11.8 Å². The quantitative estimate of drug-likeness (QED) is 0.390. The molecular formula is C19H13ClN2O2S. The van der Waals surface area contributed by atoms with Crippen LogP contribution in [0.3, 0.4) is 0 Å². The molecular weight excluding hydrogens is 356 g/mol. The predicted octanol–water partition coefficient (Wildman–Crippen LogP) is 4.41. The molecule has 0 bridgehead atoms. The van der Waals surface area contributed by atoms with Crippen molar-refractivity contribution in [2.24, 2.45) is 0 Å². The van der Waals surface area contributed by atoms with Crippen LogP contribution in [-0.2, 0) is 6.54 Å². The van der Waals surface area contributed by atoms with Gasteiger partial charge in [-0.2, -0.15) is 0 Å². The summed E-state index contributed by atoms with van der Waals surface area (Å²) in [4.78, 5) is 31.8. The van der Waals surface area contributed by atoms with Gasteiger partial charge in [0.25, 0.3) is 11.8 Å². The van der Waals surface area contributed by atoms with Gasteiger partial charge in [-0.3, -0.25) is 14.5 Å². The van der Waals surface area contributed by atoms with E-state index in [1.54, 1.807) is 36.0 Å². The number of benzene rings is 2. The van der Waals surface area contributed by atoms with Crippen LogP contribution in [0.2, 0.25) is 5.15 Å². The highest BCUT2D eigenvalue weighted by Crippen LogP contribution is 2.29. The summed E-state index contributed by atoms with van der Waals surface area (Å²) in [6, 6.07) is 14.7. The van der Waals surface area contributed by atoms with E-state index in [1.165, 1.54) is 4.90 Å². The van der Waals surface area contributed by atoms with E-state index in [9.17, 15) is 9.59 Å². The summed E-state index contributed by atoms with van der Waals surface area (Å²) in [6.45, 7) is 0.110. The van der Waals surface area contributed by atoms with Crippen LogP contribution in [0.5, 0.6) is 0 Å². The van der Waals surface area contributed by atoms with Crippen LogP contribution >= 0.6 is 23.4 Å². The zero-order valence-corrected chi connectivity index (χ0v) is 14.9. The normalized spacial score (nSPS) is 13.6. The molecule has 25 heavy (non-hydrogen) atoms. The number of rotatable bonds is 3. The average molecular weight is 369 g/mol. The van der Waals surface area contributed by atoms with E-state index in [0.29, 0.717) is 21.8 Å². The van der Waals surface area contributed by atoms with E-state index in [1.807, 2.05) is 30.5 Å². The molecule has 2 heterocycles. The molecule has 3 aromatic rings. The van der Waals surface area contributed by atoms with Gasteiger partial charge in [0.1, 0.15) is 5.15 Å². The molecule has 1 aliphatic heterocycles. The lowest BCUT2D eigenvalue weighted by Crippen LogP contribution is -2.29. The maximum atomic E-state index is 12.5. The third kappa shape index (κ3) is 2.69.